The number of nitrogens with one attached hydrogen (secondary N) is 1. The molecule has 2 aromatic rings. The maximum Gasteiger partial charge on any atom is 0.116 e. The Kier molecular flexibility index (Phi) is 2.04. The van der Waals surface area contributed by atoms with Crippen molar-refractivity contribution in [3.8, 4) is 11.3 Å². The lowest BCUT2D eigenvalue weighted by atomic mass is 10.2. The zero-order chi connectivity index (χ0) is 9.10. The maximum atomic E-state index is 4.16. The molecule has 0 atom stereocenters. The number of aryl methyl sites for hydroxylation is 1. The smallest absolute Gasteiger partial charge is 0.116 e. The molecule has 4 heteroatoms. The highest BCUT2D eigenvalue weighted by atomic mass is 15.1. The zero-order valence-electron chi connectivity index (χ0n) is 7.36. The topological polar surface area (TPSA) is 54.5 Å². The quantitative estimate of drug-likeness (QED) is 0.749. The van der Waals surface area contributed by atoms with Crippen LogP contribution in [0, 0.1) is 0 Å². The zero-order valence-corrected chi connectivity index (χ0v) is 7.36. The SMILES string of the molecule is CCc1cc(-c2cn[nH]c2)ncn1. The van der Waals surface area contributed by atoms with Crippen molar-refractivity contribution < 1.29 is 0 Å². The van der Waals surface area contributed by atoms with Gasteiger partial charge in [0.1, 0.15) is 6.33 Å². The summed E-state index contributed by atoms with van der Waals surface area (Å²) in [6.45, 7) is 2.07. The number of nitrogens with zero attached hydrogens (tertiary/aromatic N) is 3. The number of rotatable bonds is 2. The first kappa shape index (κ1) is 7.91. The first-order valence-electron chi connectivity index (χ1n) is 4.20. The minimum Gasteiger partial charge on any atom is -0.285 e. The number of hydrogen-bond donors (Lipinski definition) is 1. The van der Waals surface area contributed by atoms with E-state index in [0.29, 0.717) is 0 Å². The van der Waals surface area contributed by atoms with Gasteiger partial charge in [0.05, 0.1) is 11.9 Å². The molecule has 0 aliphatic heterocycles. The third-order valence-electron chi connectivity index (χ3n) is 1.88. The summed E-state index contributed by atoms with van der Waals surface area (Å²) in [7, 11) is 0. The van der Waals surface area contributed by atoms with E-state index in [-0.39, 0.29) is 0 Å². The second-order valence-corrected chi connectivity index (χ2v) is 2.74. The molecule has 0 spiro atoms. The van der Waals surface area contributed by atoms with E-state index in [4.69, 9.17) is 0 Å². The molecular formula is C9H10N4. The van der Waals surface area contributed by atoms with Crippen LogP contribution in [-0.2, 0) is 6.42 Å². The Morgan fingerprint density at radius 3 is 3.00 bits per heavy atom. The van der Waals surface area contributed by atoms with E-state index in [1.807, 2.05) is 12.3 Å². The Hall–Kier alpha value is -1.71. The number of hydrogen-bond acceptors (Lipinski definition) is 3. The molecule has 4 nitrogen and oxygen atoms in total. The maximum absolute atomic E-state index is 4.16. The molecule has 0 amide bonds. The van der Waals surface area contributed by atoms with Gasteiger partial charge in [0, 0.05) is 17.5 Å². The summed E-state index contributed by atoms with van der Waals surface area (Å²) in [6.07, 6.45) is 6.08. The molecule has 0 saturated heterocycles. The third-order valence-corrected chi connectivity index (χ3v) is 1.88. The van der Waals surface area contributed by atoms with E-state index in [1.54, 1.807) is 12.5 Å². The van der Waals surface area contributed by atoms with Crippen molar-refractivity contribution in [1.82, 2.24) is 20.2 Å². The van der Waals surface area contributed by atoms with Gasteiger partial charge >= 0.3 is 0 Å². The average molecular weight is 174 g/mol. The van der Waals surface area contributed by atoms with Gasteiger partial charge in [0.2, 0.25) is 0 Å². The third kappa shape index (κ3) is 1.56. The Labute approximate surface area is 76.1 Å². The molecule has 0 aromatic carbocycles. The second kappa shape index (κ2) is 3.35. The molecule has 2 rings (SSSR count). The van der Waals surface area contributed by atoms with Gasteiger partial charge in [0.15, 0.2) is 0 Å². The fourth-order valence-electron chi connectivity index (χ4n) is 1.14. The fourth-order valence-corrected chi connectivity index (χ4v) is 1.14. The van der Waals surface area contributed by atoms with Crippen LogP contribution in [0.25, 0.3) is 11.3 Å². The van der Waals surface area contributed by atoms with Crippen molar-refractivity contribution in [2.24, 2.45) is 0 Å². The largest absolute Gasteiger partial charge is 0.285 e. The summed E-state index contributed by atoms with van der Waals surface area (Å²) >= 11 is 0. The molecule has 0 radical (unpaired) electrons. The van der Waals surface area contributed by atoms with Gasteiger partial charge in [-0.25, -0.2) is 9.97 Å². The van der Waals surface area contributed by atoms with Gasteiger partial charge in [-0.15, -0.1) is 0 Å². The van der Waals surface area contributed by atoms with E-state index in [1.165, 1.54) is 0 Å². The Bertz CT molecular complexity index is 380. The number of aromatic amines is 1. The molecule has 13 heavy (non-hydrogen) atoms. The van der Waals surface area contributed by atoms with E-state index in [2.05, 4.69) is 27.1 Å². The van der Waals surface area contributed by atoms with E-state index >= 15 is 0 Å². The highest BCUT2D eigenvalue weighted by Gasteiger charge is 2.00. The Morgan fingerprint density at radius 1 is 1.38 bits per heavy atom. The van der Waals surface area contributed by atoms with Gasteiger partial charge in [-0.2, -0.15) is 5.10 Å². The lowest BCUT2D eigenvalue weighted by molar-refractivity contribution is 1.00. The fraction of sp³-hybridized carbons (Fsp3) is 0.222. The highest BCUT2D eigenvalue weighted by molar-refractivity contribution is 5.56. The van der Waals surface area contributed by atoms with Crippen LogP contribution in [0.1, 0.15) is 12.6 Å². The molecule has 1 N–H and O–H groups in total. The highest BCUT2D eigenvalue weighted by Crippen LogP contribution is 2.14. The van der Waals surface area contributed by atoms with Crippen LogP contribution in [0.3, 0.4) is 0 Å². The van der Waals surface area contributed by atoms with E-state index in [0.717, 1.165) is 23.4 Å². The van der Waals surface area contributed by atoms with Crippen LogP contribution < -0.4 is 0 Å². The summed E-state index contributed by atoms with van der Waals surface area (Å²) in [5, 5.41) is 6.62. The van der Waals surface area contributed by atoms with Crippen molar-refractivity contribution in [3.05, 3.63) is 30.5 Å². The lowest BCUT2D eigenvalue weighted by Gasteiger charge is -1.97. The lowest BCUT2D eigenvalue weighted by Crippen LogP contribution is -1.90. The molecule has 0 fully saturated rings. The monoisotopic (exact) mass is 174 g/mol. The minimum absolute atomic E-state index is 0.917. The van der Waals surface area contributed by atoms with Gasteiger partial charge < -0.3 is 0 Å². The van der Waals surface area contributed by atoms with Crippen LogP contribution in [0.4, 0.5) is 0 Å². The van der Waals surface area contributed by atoms with Crippen molar-refractivity contribution in [3.63, 3.8) is 0 Å². The molecular weight excluding hydrogens is 164 g/mol. The summed E-state index contributed by atoms with van der Waals surface area (Å²) in [5.74, 6) is 0. The normalized spacial score (nSPS) is 10.2. The molecule has 2 heterocycles. The van der Waals surface area contributed by atoms with E-state index in [9.17, 15) is 0 Å². The summed E-state index contributed by atoms with van der Waals surface area (Å²) < 4.78 is 0. The number of aromatic nitrogens is 4. The van der Waals surface area contributed by atoms with Gasteiger partial charge in [-0.1, -0.05) is 6.92 Å². The van der Waals surface area contributed by atoms with Gasteiger partial charge in [-0.05, 0) is 12.5 Å². The van der Waals surface area contributed by atoms with Crippen LogP contribution in [0.15, 0.2) is 24.8 Å². The summed E-state index contributed by atoms with van der Waals surface area (Å²) in [6, 6.07) is 1.98. The number of H-pyrrole nitrogens is 1. The van der Waals surface area contributed by atoms with Crippen LogP contribution in [0.2, 0.25) is 0 Å². The molecule has 0 aliphatic carbocycles. The summed E-state index contributed by atoms with van der Waals surface area (Å²) in [4.78, 5) is 8.28. The average Bonchev–Trinajstić information content (AvgIpc) is 2.71. The second-order valence-electron chi connectivity index (χ2n) is 2.74. The van der Waals surface area contributed by atoms with Gasteiger partial charge in [-0.3, -0.25) is 5.10 Å². The minimum atomic E-state index is 0.917. The van der Waals surface area contributed by atoms with Crippen molar-refractivity contribution in [2.45, 2.75) is 13.3 Å². The van der Waals surface area contributed by atoms with Crippen molar-refractivity contribution >= 4 is 0 Å². The van der Waals surface area contributed by atoms with Crippen LogP contribution in [-0.4, -0.2) is 20.2 Å². The molecule has 0 bridgehead atoms. The van der Waals surface area contributed by atoms with Crippen LogP contribution in [0.5, 0.6) is 0 Å². The van der Waals surface area contributed by atoms with E-state index < -0.39 is 0 Å². The first-order chi connectivity index (χ1) is 6.40. The molecule has 0 saturated carbocycles. The molecule has 0 unspecified atom stereocenters. The molecule has 2 aromatic heterocycles. The molecule has 66 valence electrons. The Balaban J connectivity index is 2.41. The predicted molar refractivity (Wildman–Crippen MR) is 49.0 cm³/mol. The molecule has 0 aliphatic rings. The summed E-state index contributed by atoms with van der Waals surface area (Å²) in [5.41, 5.74) is 2.96. The Morgan fingerprint density at radius 2 is 2.31 bits per heavy atom. The standard InChI is InChI=1S/C9H10N4/c1-2-8-3-9(11-6-10-8)7-4-12-13-5-7/h3-6H,2H2,1H3,(H,12,13). The van der Waals surface area contributed by atoms with Crippen LogP contribution >= 0.6 is 0 Å². The van der Waals surface area contributed by atoms with Crippen molar-refractivity contribution in [2.75, 3.05) is 0 Å². The van der Waals surface area contributed by atoms with Crippen molar-refractivity contribution in [1.29, 1.82) is 0 Å². The first-order valence-corrected chi connectivity index (χ1v) is 4.20. The predicted octanol–water partition coefficient (Wildman–Crippen LogP) is 1.43. The van der Waals surface area contributed by atoms with Gasteiger partial charge in [0.25, 0.3) is 0 Å².